The molecule has 0 spiro atoms. The highest BCUT2D eigenvalue weighted by molar-refractivity contribution is 5.95. The number of aromatic nitrogens is 8. The number of rotatable bonds is 5. The minimum absolute atomic E-state index is 0.0272. The van der Waals surface area contributed by atoms with Crippen molar-refractivity contribution < 1.29 is 4.79 Å². The third-order valence-electron chi connectivity index (χ3n) is 5.66. The molecular formula is C21H24N10O. The predicted octanol–water partition coefficient (Wildman–Crippen LogP) is 1.90. The fourth-order valence-electron chi connectivity index (χ4n) is 3.98. The van der Waals surface area contributed by atoms with E-state index in [1.165, 1.54) is 0 Å². The number of hydrogen-bond acceptors (Lipinski definition) is 7. The molecule has 0 fully saturated rings. The lowest BCUT2D eigenvalue weighted by Gasteiger charge is -2.33. The van der Waals surface area contributed by atoms with Crippen LogP contribution in [0.2, 0.25) is 0 Å². The van der Waals surface area contributed by atoms with E-state index in [0.29, 0.717) is 24.7 Å². The number of nitrogens with zero attached hydrogens (tertiary/aromatic N) is 9. The van der Waals surface area contributed by atoms with Crippen molar-refractivity contribution in [3.8, 4) is 11.3 Å². The molecule has 5 rings (SSSR count). The van der Waals surface area contributed by atoms with Gasteiger partial charge in [-0.25, -0.2) is 9.97 Å². The molecular weight excluding hydrogens is 408 g/mol. The van der Waals surface area contributed by atoms with Gasteiger partial charge in [-0.3, -0.25) is 14.2 Å². The van der Waals surface area contributed by atoms with Crippen LogP contribution in [0.5, 0.6) is 0 Å². The van der Waals surface area contributed by atoms with Gasteiger partial charge in [0, 0.05) is 56.9 Å². The van der Waals surface area contributed by atoms with Gasteiger partial charge < -0.3 is 14.8 Å². The van der Waals surface area contributed by atoms with Crippen molar-refractivity contribution in [2.75, 3.05) is 5.32 Å². The molecule has 4 aromatic rings. The molecule has 11 heteroatoms. The number of amides is 1. The molecule has 164 valence electrons. The van der Waals surface area contributed by atoms with Crippen molar-refractivity contribution in [1.29, 1.82) is 0 Å². The van der Waals surface area contributed by atoms with Gasteiger partial charge in [0.05, 0.1) is 18.4 Å². The zero-order valence-electron chi connectivity index (χ0n) is 18.4. The maximum Gasteiger partial charge on any atom is 0.271 e. The summed E-state index contributed by atoms with van der Waals surface area (Å²) >= 11 is 0. The Labute approximate surface area is 184 Å². The standard InChI is InChI=1S/C21H24N10O/c1-13-8-22-21(24-18-5-6-23-29(18)4)25-19(13)15-7-17-20(32)31(14(2)9-30(17)10-15)12-16-11-28(3)27-26-16/h5-8,10-11,14H,9,12H2,1-4H3,(H,22,24,25)/t14-/m0/s1. The van der Waals surface area contributed by atoms with E-state index >= 15 is 0 Å². The lowest BCUT2D eigenvalue weighted by atomic mass is 10.1. The molecule has 0 unspecified atom stereocenters. The van der Waals surface area contributed by atoms with Crippen LogP contribution in [-0.2, 0) is 27.2 Å². The largest absolute Gasteiger partial charge is 0.341 e. The Balaban J connectivity index is 1.44. The highest BCUT2D eigenvalue weighted by Crippen LogP contribution is 2.29. The van der Waals surface area contributed by atoms with E-state index in [1.807, 2.05) is 61.9 Å². The minimum atomic E-state index is -0.0272. The summed E-state index contributed by atoms with van der Waals surface area (Å²) in [4.78, 5) is 24.2. The first-order chi connectivity index (χ1) is 15.4. The van der Waals surface area contributed by atoms with Crippen LogP contribution in [0.3, 0.4) is 0 Å². The van der Waals surface area contributed by atoms with E-state index in [9.17, 15) is 4.79 Å². The van der Waals surface area contributed by atoms with Gasteiger partial charge in [-0.1, -0.05) is 5.21 Å². The Morgan fingerprint density at radius 2 is 2.09 bits per heavy atom. The Kier molecular flexibility index (Phi) is 4.72. The van der Waals surface area contributed by atoms with Gasteiger partial charge in [0.25, 0.3) is 5.91 Å². The third-order valence-corrected chi connectivity index (χ3v) is 5.66. The van der Waals surface area contributed by atoms with Gasteiger partial charge in [-0.15, -0.1) is 5.10 Å². The molecule has 0 bridgehead atoms. The van der Waals surface area contributed by atoms with Crippen LogP contribution in [0.15, 0.2) is 36.9 Å². The van der Waals surface area contributed by atoms with Gasteiger partial charge in [-0.05, 0) is 25.5 Å². The van der Waals surface area contributed by atoms with Crippen LogP contribution in [0.4, 0.5) is 11.8 Å². The number of aryl methyl sites for hydroxylation is 3. The number of carbonyl (C=O) groups excluding carboxylic acids is 1. The summed E-state index contributed by atoms with van der Waals surface area (Å²) < 4.78 is 5.36. The monoisotopic (exact) mass is 432 g/mol. The highest BCUT2D eigenvalue weighted by Gasteiger charge is 2.31. The molecule has 1 aliphatic heterocycles. The van der Waals surface area contributed by atoms with E-state index in [0.717, 1.165) is 28.3 Å². The van der Waals surface area contributed by atoms with Crippen molar-refractivity contribution in [3.63, 3.8) is 0 Å². The van der Waals surface area contributed by atoms with Gasteiger partial charge in [-0.2, -0.15) is 5.10 Å². The molecule has 0 saturated heterocycles. The van der Waals surface area contributed by atoms with Crippen LogP contribution >= 0.6 is 0 Å². The molecule has 1 atom stereocenters. The first kappa shape index (κ1) is 19.9. The maximum atomic E-state index is 13.3. The number of fused-ring (bicyclic) bond motifs is 1. The summed E-state index contributed by atoms with van der Waals surface area (Å²) in [6.45, 7) is 5.14. The SMILES string of the molecule is Cc1cnc(Nc2ccnn2C)nc1-c1cc2n(c1)C[C@H](C)N(Cc1cn(C)nn1)C2=O. The van der Waals surface area contributed by atoms with Crippen LogP contribution in [-0.4, -0.2) is 56.2 Å². The molecule has 11 nitrogen and oxygen atoms in total. The Hall–Kier alpha value is -4.02. The summed E-state index contributed by atoms with van der Waals surface area (Å²) in [6.07, 6.45) is 7.31. The van der Waals surface area contributed by atoms with Crippen LogP contribution < -0.4 is 5.32 Å². The minimum Gasteiger partial charge on any atom is -0.341 e. The van der Waals surface area contributed by atoms with Gasteiger partial charge in [0.1, 0.15) is 17.2 Å². The summed E-state index contributed by atoms with van der Waals surface area (Å²) in [5.74, 6) is 1.24. The quantitative estimate of drug-likeness (QED) is 0.513. The smallest absolute Gasteiger partial charge is 0.271 e. The fraction of sp³-hybridized carbons (Fsp3) is 0.333. The molecule has 4 aromatic heterocycles. The number of nitrogens with one attached hydrogen (secondary N) is 1. The highest BCUT2D eigenvalue weighted by atomic mass is 16.2. The zero-order chi connectivity index (χ0) is 22.4. The van der Waals surface area contributed by atoms with Crippen LogP contribution in [0, 0.1) is 6.92 Å². The Morgan fingerprint density at radius 1 is 1.25 bits per heavy atom. The first-order valence-corrected chi connectivity index (χ1v) is 10.3. The van der Waals surface area contributed by atoms with E-state index in [2.05, 4.69) is 25.7 Å². The summed E-state index contributed by atoms with van der Waals surface area (Å²) in [7, 11) is 3.66. The van der Waals surface area contributed by atoms with Gasteiger partial charge in [0.15, 0.2) is 0 Å². The molecule has 1 N–H and O–H groups in total. The summed E-state index contributed by atoms with van der Waals surface area (Å²) in [6, 6.07) is 3.79. The maximum absolute atomic E-state index is 13.3. The van der Waals surface area contributed by atoms with Gasteiger partial charge in [0.2, 0.25) is 5.95 Å². The Bertz CT molecular complexity index is 1300. The van der Waals surface area contributed by atoms with Crippen LogP contribution in [0.1, 0.15) is 28.7 Å². The average molecular weight is 432 g/mol. The van der Waals surface area contributed by atoms with E-state index in [4.69, 9.17) is 4.98 Å². The molecule has 0 aliphatic carbocycles. The van der Waals surface area contributed by atoms with Crippen molar-refractivity contribution in [3.05, 3.63) is 53.9 Å². The average Bonchev–Trinajstić information content (AvgIpc) is 3.47. The molecule has 0 saturated carbocycles. The molecule has 32 heavy (non-hydrogen) atoms. The first-order valence-electron chi connectivity index (χ1n) is 10.3. The summed E-state index contributed by atoms with van der Waals surface area (Å²) in [5, 5.41) is 15.4. The fourth-order valence-corrected chi connectivity index (χ4v) is 3.98. The van der Waals surface area contributed by atoms with Crippen molar-refractivity contribution in [1.82, 2.24) is 44.2 Å². The molecule has 1 aliphatic rings. The number of carbonyl (C=O) groups is 1. The van der Waals surface area contributed by atoms with E-state index < -0.39 is 0 Å². The van der Waals surface area contributed by atoms with Gasteiger partial charge >= 0.3 is 0 Å². The van der Waals surface area contributed by atoms with Crippen molar-refractivity contribution in [2.45, 2.75) is 33.0 Å². The summed E-state index contributed by atoms with van der Waals surface area (Å²) in [5.41, 5.74) is 4.01. The molecule has 0 aromatic carbocycles. The van der Waals surface area contributed by atoms with Crippen LogP contribution in [0.25, 0.3) is 11.3 Å². The second-order valence-electron chi connectivity index (χ2n) is 8.12. The lowest BCUT2D eigenvalue weighted by molar-refractivity contribution is 0.0593. The molecule has 0 radical (unpaired) electrons. The number of anilines is 2. The predicted molar refractivity (Wildman–Crippen MR) is 117 cm³/mol. The topological polar surface area (TPSA) is 112 Å². The van der Waals surface area contributed by atoms with Crippen molar-refractivity contribution >= 4 is 17.7 Å². The van der Waals surface area contributed by atoms with E-state index in [-0.39, 0.29) is 11.9 Å². The number of hydrogen-bond donors (Lipinski definition) is 1. The lowest BCUT2D eigenvalue weighted by Crippen LogP contribution is -2.45. The Morgan fingerprint density at radius 3 is 2.81 bits per heavy atom. The van der Waals surface area contributed by atoms with E-state index in [1.54, 1.807) is 21.8 Å². The normalized spacial score (nSPS) is 15.8. The zero-order valence-corrected chi connectivity index (χ0v) is 18.4. The molecule has 1 amide bonds. The third kappa shape index (κ3) is 3.51. The second-order valence-corrected chi connectivity index (χ2v) is 8.12. The molecule has 5 heterocycles. The van der Waals surface area contributed by atoms with Crippen molar-refractivity contribution in [2.24, 2.45) is 14.1 Å². The second kappa shape index (κ2) is 7.59.